The zero-order chi connectivity index (χ0) is 22.2. The Balaban J connectivity index is 1.63. The maximum Gasteiger partial charge on any atom is 0.416 e. The third-order valence-corrected chi connectivity index (χ3v) is 5.21. The molecule has 1 amide bonds. The van der Waals surface area contributed by atoms with E-state index >= 15 is 0 Å². The van der Waals surface area contributed by atoms with Gasteiger partial charge < -0.3 is 15.0 Å². The van der Waals surface area contributed by atoms with E-state index in [-0.39, 0.29) is 11.2 Å². The number of morpholine rings is 1. The molecule has 3 aromatic rings. The molecule has 4 rings (SSSR count). The van der Waals surface area contributed by atoms with E-state index in [9.17, 15) is 18.0 Å². The first-order valence-corrected chi connectivity index (χ1v) is 9.97. The van der Waals surface area contributed by atoms with Crippen LogP contribution in [0.4, 0.5) is 19.0 Å². The lowest BCUT2D eigenvalue weighted by molar-refractivity contribution is -0.137. The molecular weight excluding hydrogens is 435 g/mol. The Morgan fingerprint density at radius 1 is 1.26 bits per heavy atom. The van der Waals surface area contributed by atoms with Crippen LogP contribution in [0.15, 0.2) is 36.5 Å². The minimum Gasteiger partial charge on any atom is -0.378 e. The topological polar surface area (TPSA) is 71.8 Å². The molecule has 31 heavy (non-hydrogen) atoms. The molecule has 0 spiro atoms. The monoisotopic (exact) mass is 453 g/mol. The second kappa shape index (κ2) is 8.35. The number of carbonyl (C=O) groups excluding carboxylic acids is 1. The summed E-state index contributed by atoms with van der Waals surface area (Å²) < 4.78 is 45.8. The van der Waals surface area contributed by atoms with Gasteiger partial charge in [-0.25, -0.2) is 4.52 Å². The van der Waals surface area contributed by atoms with Gasteiger partial charge in [0, 0.05) is 19.3 Å². The molecule has 3 heterocycles. The maximum absolute atomic E-state index is 13.0. The number of hydrogen-bond donors (Lipinski definition) is 1. The van der Waals surface area contributed by atoms with Crippen molar-refractivity contribution in [3.8, 4) is 0 Å². The van der Waals surface area contributed by atoms with Gasteiger partial charge in [0.05, 0.1) is 30.4 Å². The Morgan fingerprint density at radius 3 is 2.71 bits per heavy atom. The van der Waals surface area contributed by atoms with Crippen molar-refractivity contribution >= 4 is 28.8 Å². The molecule has 11 heteroatoms. The summed E-state index contributed by atoms with van der Waals surface area (Å²) in [6.07, 6.45) is -2.88. The van der Waals surface area contributed by atoms with Gasteiger partial charge in [0.25, 0.3) is 5.91 Å². The fourth-order valence-corrected chi connectivity index (χ4v) is 3.58. The molecule has 7 nitrogen and oxygen atoms in total. The highest BCUT2D eigenvalue weighted by molar-refractivity contribution is 6.28. The van der Waals surface area contributed by atoms with E-state index in [0.29, 0.717) is 48.8 Å². The van der Waals surface area contributed by atoms with Crippen molar-refractivity contribution in [3.05, 3.63) is 58.5 Å². The number of ether oxygens (including phenoxy) is 1. The Morgan fingerprint density at radius 2 is 2.00 bits per heavy atom. The summed E-state index contributed by atoms with van der Waals surface area (Å²) in [5.41, 5.74) is 0.595. The molecule has 2 aromatic heterocycles. The predicted molar refractivity (Wildman–Crippen MR) is 108 cm³/mol. The molecule has 0 aliphatic carbocycles. The van der Waals surface area contributed by atoms with Crippen LogP contribution in [0.1, 0.15) is 34.5 Å². The van der Waals surface area contributed by atoms with Crippen LogP contribution in [-0.2, 0) is 10.9 Å². The normalized spacial score (nSPS) is 15.8. The van der Waals surface area contributed by atoms with Crippen molar-refractivity contribution in [3.63, 3.8) is 0 Å². The Labute approximate surface area is 180 Å². The first kappa shape index (κ1) is 21.4. The zero-order valence-electron chi connectivity index (χ0n) is 16.5. The van der Waals surface area contributed by atoms with Gasteiger partial charge in [0.1, 0.15) is 5.52 Å². The van der Waals surface area contributed by atoms with E-state index in [1.807, 2.05) is 0 Å². The third kappa shape index (κ3) is 4.59. The quantitative estimate of drug-likeness (QED) is 0.645. The largest absolute Gasteiger partial charge is 0.416 e. The number of carbonyl (C=O) groups is 1. The molecule has 1 atom stereocenters. The van der Waals surface area contributed by atoms with Crippen LogP contribution in [0.25, 0.3) is 5.52 Å². The summed E-state index contributed by atoms with van der Waals surface area (Å²) in [4.78, 5) is 18.7. The maximum atomic E-state index is 13.0. The van der Waals surface area contributed by atoms with E-state index < -0.39 is 17.8 Å². The van der Waals surface area contributed by atoms with E-state index in [0.717, 1.165) is 12.1 Å². The van der Waals surface area contributed by atoms with Crippen molar-refractivity contribution in [2.45, 2.75) is 19.1 Å². The number of rotatable bonds is 4. The third-order valence-electron chi connectivity index (χ3n) is 5.05. The fourth-order valence-electron chi connectivity index (χ4n) is 3.42. The average Bonchev–Trinajstić information content (AvgIpc) is 3.17. The molecule has 1 aromatic carbocycles. The molecule has 0 saturated carbocycles. The number of nitrogens with zero attached hydrogens (tertiary/aromatic N) is 4. The second-order valence-corrected chi connectivity index (χ2v) is 7.52. The summed E-state index contributed by atoms with van der Waals surface area (Å²) in [6, 6.07) is 6.18. The summed E-state index contributed by atoms with van der Waals surface area (Å²) in [5.74, 6) is 0.146. The second-order valence-electron chi connectivity index (χ2n) is 7.18. The van der Waals surface area contributed by atoms with Crippen LogP contribution >= 0.6 is 11.6 Å². The van der Waals surface area contributed by atoms with Crippen molar-refractivity contribution < 1.29 is 22.7 Å². The average molecular weight is 454 g/mol. The Kier molecular flexibility index (Phi) is 5.76. The van der Waals surface area contributed by atoms with Crippen LogP contribution in [0.5, 0.6) is 0 Å². The number of aromatic nitrogens is 3. The lowest BCUT2D eigenvalue weighted by Gasteiger charge is -2.26. The van der Waals surface area contributed by atoms with Crippen molar-refractivity contribution in [1.29, 1.82) is 0 Å². The van der Waals surface area contributed by atoms with Gasteiger partial charge in [-0.1, -0.05) is 12.1 Å². The lowest BCUT2D eigenvalue weighted by Crippen LogP contribution is -2.40. The van der Waals surface area contributed by atoms with Gasteiger partial charge in [0.15, 0.2) is 5.82 Å². The molecular formula is C20H19ClF3N5O2. The lowest BCUT2D eigenvalue weighted by atomic mass is 10.0. The van der Waals surface area contributed by atoms with E-state index in [1.54, 1.807) is 30.2 Å². The number of halogens is 4. The van der Waals surface area contributed by atoms with Gasteiger partial charge in [0.2, 0.25) is 5.28 Å². The molecule has 1 aliphatic heterocycles. The summed E-state index contributed by atoms with van der Waals surface area (Å²) in [5, 5.41) is 7.12. The van der Waals surface area contributed by atoms with Crippen LogP contribution in [0.3, 0.4) is 0 Å². The predicted octanol–water partition coefficient (Wildman–Crippen LogP) is 4.05. The SMILES string of the molecule is C[C@@H](Nc1nc(Cl)nn2cc(C(=O)N3CCOCC3)cc12)c1cccc(C(F)(F)F)c1. The van der Waals surface area contributed by atoms with Gasteiger partial charge in [-0.2, -0.15) is 18.2 Å². The number of amides is 1. The number of anilines is 1. The van der Waals surface area contributed by atoms with Gasteiger partial charge in [-0.3, -0.25) is 4.79 Å². The Bertz CT molecular complexity index is 1110. The molecule has 164 valence electrons. The molecule has 0 radical (unpaired) electrons. The Hall–Kier alpha value is -2.85. The van der Waals surface area contributed by atoms with E-state index in [2.05, 4.69) is 15.4 Å². The van der Waals surface area contributed by atoms with Crippen molar-refractivity contribution in [1.82, 2.24) is 19.5 Å². The van der Waals surface area contributed by atoms with Gasteiger partial charge in [-0.05, 0) is 42.3 Å². The zero-order valence-corrected chi connectivity index (χ0v) is 17.2. The molecule has 1 fully saturated rings. The summed E-state index contributed by atoms with van der Waals surface area (Å²) in [7, 11) is 0. The molecule has 1 aliphatic rings. The number of hydrogen-bond acceptors (Lipinski definition) is 5. The smallest absolute Gasteiger partial charge is 0.378 e. The standard InChI is InChI=1S/C20H19ClF3N5O2/c1-12(13-3-2-4-15(9-13)20(22,23)24)25-17-16-10-14(11-29(16)27-19(21)26-17)18(30)28-5-7-31-8-6-28/h2-4,9-12H,5-8H2,1H3,(H,25,26,27)/t12-/m1/s1. The van der Waals surface area contributed by atoms with Crippen LogP contribution in [0, 0.1) is 0 Å². The molecule has 1 saturated heterocycles. The molecule has 0 unspecified atom stereocenters. The first-order valence-electron chi connectivity index (χ1n) is 9.59. The van der Waals surface area contributed by atoms with Crippen LogP contribution < -0.4 is 5.32 Å². The van der Waals surface area contributed by atoms with E-state index in [1.165, 1.54) is 10.6 Å². The number of nitrogens with one attached hydrogen (secondary N) is 1. The highest BCUT2D eigenvalue weighted by atomic mass is 35.5. The highest BCUT2D eigenvalue weighted by Gasteiger charge is 2.31. The number of benzene rings is 1. The minimum absolute atomic E-state index is 0.0628. The van der Waals surface area contributed by atoms with Crippen molar-refractivity contribution in [2.24, 2.45) is 0 Å². The van der Waals surface area contributed by atoms with E-state index in [4.69, 9.17) is 16.3 Å². The van der Waals surface area contributed by atoms with Gasteiger partial charge >= 0.3 is 6.18 Å². The minimum atomic E-state index is -4.43. The first-order chi connectivity index (χ1) is 14.7. The highest BCUT2D eigenvalue weighted by Crippen LogP contribution is 2.32. The summed E-state index contributed by atoms with van der Waals surface area (Å²) in [6.45, 7) is 3.66. The van der Waals surface area contributed by atoms with Crippen molar-refractivity contribution in [2.75, 3.05) is 31.6 Å². The van der Waals surface area contributed by atoms with Crippen LogP contribution in [-0.4, -0.2) is 51.7 Å². The number of fused-ring (bicyclic) bond motifs is 1. The van der Waals surface area contributed by atoms with Crippen LogP contribution in [0.2, 0.25) is 5.28 Å². The summed E-state index contributed by atoms with van der Waals surface area (Å²) >= 11 is 6.03. The molecule has 0 bridgehead atoms. The number of alkyl halides is 3. The molecule has 1 N–H and O–H groups in total. The fraction of sp³-hybridized carbons (Fsp3) is 0.350. The van der Waals surface area contributed by atoms with Gasteiger partial charge in [-0.15, -0.1) is 5.10 Å².